The van der Waals surface area contributed by atoms with Crippen LogP contribution in [0.25, 0.3) is 11.4 Å². The van der Waals surface area contributed by atoms with Crippen molar-refractivity contribution in [3.63, 3.8) is 0 Å². The van der Waals surface area contributed by atoms with Gasteiger partial charge in [0.25, 0.3) is 0 Å². The van der Waals surface area contributed by atoms with Gasteiger partial charge < -0.3 is 9.84 Å². The van der Waals surface area contributed by atoms with Crippen LogP contribution >= 0.6 is 0 Å². The van der Waals surface area contributed by atoms with Crippen molar-refractivity contribution in [2.75, 3.05) is 6.54 Å². The molecule has 2 aromatic rings. The highest BCUT2D eigenvalue weighted by Crippen LogP contribution is 2.24. The number of aromatic nitrogens is 2. The van der Waals surface area contributed by atoms with Crippen molar-refractivity contribution in [2.24, 2.45) is 0 Å². The van der Waals surface area contributed by atoms with Crippen molar-refractivity contribution in [2.45, 2.75) is 19.4 Å². The summed E-state index contributed by atoms with van der Waals surface area (Å²) in [5, 5.41) is 7.23. The lowest BCUT2D eigenvalue weighted by Gasteiger charge is -2.23. The Hall–Kier alpha value is -1.68. The first-order chi connectivity index (χ1) is 7.83. The predicted octanol–water partition coefficient (Wildman–Crippen LogP) is 2.08. The molecule has 2 heterocycles. The van der Waals surface area contributed by atoms with Crippen molar-refractivity contribution < 1.29 is 4.52 Å². The van der Waals surface area contributed by atoms with Crippen LogP contribution in [0.1, 0.15) is 23.9 Å². The molecule has 0 bridgehead atoms. The van der Waals surface area contributed by atoms with Crippen molar-refractivity contribution >= 4 is 0 Å². The third-order valence-corrected chi connectivity index (χ3v) is 2.87. The third-order valence-electron chi connectivity index (χ3n) is 2.87. The van der Waals surface area contributed by atoms with Gasteiger partial charge in [-0.25, -0.2) is 0 Å². The van der Waals surface area contributed by atoms with Gasteiger partial charge in [0.15, 0.2) is 0 Å². The molecule has 1 fully saturated rings. The summed E-state index contributed by atoms with van der Waals surface area (Å²) in [5.41, 5.74) is 2.23. The maximum absolute atomic E-state index is 5.23. The van der Waals surface area contributed by atoms with Crippen LogP contribution in [-0.4, -0.2) is 16.7 Å². The average Bonchev–Trinajstić information content (AvgIpc) is 2.65. The molecule has 1 aliphatic heterocycles. The highest BCUT2D eigenvalue weighted by atomic mass is 16.5. The summed E-state index contributed by atoms with van der Waals surface area (Å²) in [6.45, 7) is 3.09. The molecule has 3 rings (SSSR count). The lowest BCUT2D eigenvalue weighted by molar-refractivity contribution is 0.273. The van der Waals surface area contributed by atoms with Gasteiger partial charge in [0.1, 0.15) is 0 Å². The molecular weight excluding hydrogens is 202 g/mol. The summed E-state index contributed by atoms with van der Waals surface area (Å²) in [5.74, 6) is 1.37. The molecule has 1 aromatic heterocycles. The van der Waals surface area contributed by atoms with Crippen LogP contribution in [0.5, 0.6) is 0 Å². The second-order valence-electron chi connectivity index (χ2n) is 4.12. The topological polar surface area (TPSA) is 51.0 Å². The second kappa shape index (κ2) is 3.72. The van der Waals surface area contributed by atoms with E-state index in [9.17, 15) is 0 Å². The molecule has 4 heteroatoms. The minimum atomic E-state index is 0.256. The molecule has 0 unspecified atom stereocenters. The first-order valence-corrected chi connectivity index (χ1v) is 5.47. The minimum absolute atomic E-state index is 0.256. The molecule has 4 nitrogen and oxygen atoms in total. The Morgan fingerprint density at radius 2 is 2.06 bits per heavy atom. The van der Waals surface area contributed by atoms with Gasteiger partial charge in [-0.1, -0.05) is 35.0 Å². The van der Waals surface area contributed by atoms with Gasteiger partial charge in [0.05, 0.1) is 6.04 Å². The van der Waals surface area contributed by atoms with Crippen molar-refractivity contribution in [1.82, 2.24) is 15.5 Å². The van der Waals surface area contributed by atoms with Crippen LogP contribution < -0.4 is 5.32 Å². The quantitative estimate of drug-likeness (QED) is 0.833. The molecule has 0 aliphatic carbocycles. The monoisotopic (exact) mass is 215 g/mol. The van der Waals surface area contributed by atoms with Crippen LogP contribution in [-0.2, 0) is 0 Å². The molecule has 0 radical (unpaired) electrons. The predicted molar refractivity (Wildman–Crippen MR) is 59.8 cm³/mol. The maximum atomic E-state index is 5.23. The van der Waals surface area contributed by atoms with Crippen LogP contribution in [0.4, 0.5) is 0 Å². The molecule has 1 saturated heterocycles. The number of hydrogen-bond donors (Lipinski definition) is 1. The molecule has 0 saturated carbocycles. The normalized spacial score (nSPS) is 19.4. The van der Waals surface area contributed by atoms with Gasteiger partial charge in [-0.15, -0.1) is 0 Å². The van der Waals surface area contributed by atoms with Gasteiger partial charge in [-0.05, 0) is 19.9 Å². The lowest BCUT2D eigenvalue weighted by Crippen LogP contribution is -2.35. The highest BCUT2D eigenvalue weighted by Gasteiger charge is 2.24. The van der Waals surface area contributed by atoms with E-state index in [0.717, 1.165) is 18.5 Å². The Morgan fingerprint density at radius 1 is 1.31 bits per heavy atom. The van der Waals surface area contributed by atoms with Gasteiger partial charge in [0, 0.05) is 5.56 Å². The van der Waals surface area contributed by atoms with Crippen LogP contribution in [0.2, 0.25) is 0 Å². The zero-order valence-electron chi connectivity index (χ0n) is 9.10. The second-order valence-corrected chi connectivity index (χ2v) is 4.12. The van der Waals surface area contributed by atoms with E-state index in [1.807, 2.05) is 24.3 Å². The maximum Gasteiger partial charge on any atom is 0.244 e. The van der Waals surface area contributed by atoms with Gasteiger partial charge >= 0.3 is 0 Å². The number of nitrogens with one attached hydrogen (secondary N) is 1. The molecule has 1 atom stereocenters. The van der Waals surface area contributed by atoms with E-state index in [1.54, 1.807) is 0 Å². The lowest BCUT2D eigenvalue weighted by atomic mass is 10.1. The van der Waals surface area contributed by atoms with Gasteiger partial charge in [-0.3, -0.25) is 0 Å². The molecule has 1 aromatic carbocycles. The first-order valence-electron chi connectivity index (χ1n) is 5.47. The summed E-state index contributed by atoms with van der Waals surface area (Å²) in [6, 6.07) is 8.38. The summed E-state index contributed by atoms with van der Waals surface area (Å²) in [7, 11) is 0. The van der Waals surface area contributed by atoms with Crippen LogP contribution in [0.15, 0.2) is 28.8 Å². The van der Waals surface area contributed by atoms with E-state index in [-0.39, 0.29) is 6.04 Å². The van der Waals surface area contributed by atoms with E-state index in [0.29, 0.717) is 11.7 Å². The van der Waals surface area contributed by atoms with Crippen molar-refractivity contribution in [1.29, 1.82) is 0 Å². The average molecular weight is 215 g/mol. The van der Waals surface area contributed by atoms with Crippen molar-refractivity contribution in [3.05, 3.63) is 35.7 Å². The molecule has 1 N–H and O–H groups in total. The SMILES string of the molecule is Cc1ccc(-c2noc([C@H]3CCN3)n2)cc1. The Labute approximate surface area is 93.7 Å². The fourth-order valence-electron chi connectivity index (χ4n) is 1.70. The van der Waals surface area contributed by atoms with Crippen LogP contribution in [0.3, 0.4) is 0 Å². The van der Waals surface area contributed by atoms with E-state index in [1.165, 1.54) is 5.56 Å². The molecular formula is C12H13N3O. The molecule has 82 valence electrons. The summed E-state index contributed by atoms with van der Waals surface area (Å²) in [6.07, 6.45) is 1.08. The fourth-order valence-corrected chi connectivity index (χ4v) is 1.70. The van der Waals surface area contributed by atoms with Gasteiger partial charge in [-0.2, -0.15) is 4.98 Å². The van der Waals surface area contributed by atoms with Crippen LogP contribution in [0, 0.1) is 6.92 Å². The minimum Gasteiger partial charge on any atom is -0.337 e. The zero-order chi connectivity index (χ0) is 11.0. The first kappa shape index (κ1) is 9.54. The number of aryl methyl sites for hydroxylation is 1. The van der Waals surface area contributed by atoms with Crippen molar-refractivity contribution in [3.8, 4) is 11.4 Å². The van der Waals surface area contributed by atoms with E-state index in [2.05, 4.69) is 22.4 Å². The standard InChI is InChI=1S/C12H13N3O/c1-8-2-4-9(5-3-8)11-14-12(16-15-11)10-6-7-13-10/h2-5,10,13H,6-7H2,1H3/t10-/m1/s1. The Morgan fingerprint density at radius 3 is 2.69 bits per heavy atom. The number of benzene rings is 1. The van der Waals surface area contributed by atoms with E-state index < -0.39 is 0 Å². The molecule has 0 amide bonds. The summed E-state index contributed by atoms with van der Waals surface area (Å²) < 4.78 is 5.23. The third kappa shape index (κ3) is 1.61. The fraction of sp³-hybridized carbons (Fsp3) is 0.333. The molecule has 1 aliphatic rings. The molecule has 0 spiro atoms. The number of hydrogen-bond acceptors (Lipinski definition) is 4. The Balaban J connectivity index is 1.88. The number of rotatable bonds is 2. The molecule has 16 heavy (non-hydrogen) atoms. The van der Waals surface area contributed by atoms with E-state index in [4.69, 9.17) is 4.52 Å². The van der Waals surface area contributed by atoms with Gasteiger partial charge in [0.2, 0.25) is 11.7 Å². The zero-order valence-corrected chi connectivity index (χ0v) is 9.10. The smallest absolute Gasteiger partial charge is 0.244 e. The Kier molecular flexibility index (Phi) is 2.22. The van der Waals surface area contributed by atoms with E-state index >= 15 is 0 Å². The Bertz CT molecular complexity index is 485. The summed E-state index contributed by atoms with van der Waals surface area (Å²) >= 11 is 0. The summed E-state index contributed by atoms with van der Waals surface area (Å²) in [4.78, 5) is 4.39. The largest absolute Gasteiger partial charge is 0.337 e. The highest BCUT2D eigenvalue weighted by molar-refractivity contribution is 5.54. The number of nitrogens with zero attached hydrogens (tertiary/aromatic N) is 2.